The molecule has 0 radical (unpaired) electrons. The van der Waals surface area contributed by atoms with Crippen LogP contribution in [0, 0.1) is 0 Å². The highest BCUT2D eigenvalue weighted by atomic mass is 79.9. The topological polar surface area (TPSA) is 38.0 Å². The van der Waals surface area contributed by atoms with Gasteiger partial charge in [0.15, 0.2) is 0 Å². The van der Waals surface area contributed by atoms with Crippen LogP contribution in [-0.2, 0) is 13.0 Å². The molecule has 0 saturated carbocycles. The van der Waals surface area contributed by atoms with E-state index in [2.05, 4.69) is 21.0 Å². The van der Waals surface area contributed by atoms with Gasteiger partial charge in [-0.15, -0.1) is 0 Å². The minimum absolute atomic E-state index is 0.484. The van der Waals surface area contributed by atoms with Gasteiger partial charge in [-0.2, -0.15) is 5.10 Å². The molecule has 5 heteroatoms. The number of aryl methyl sites for hydroxylation is 1. The molecular formula is C13H14BrClN2O. The molecule has 0 aliphatic heterocycles. The maximum Gasteiger partial charge on any atom is 0.0997 e. The zero-order valence-corrected chi connectivity index (χ0v) is 12.3. The second-order valence-electron chi connectivity index (χ2n) is 4.03. The van der Waals surface area contributed by atoms with Crippen molar-refractivity contribution in [3.8, 4) is 0 Å². The van der Waals surface area contributed by atoms with Crippen molar-refractivity contribution in [1.29, 1.82) is 0 Å². The van der Waals surface area contributed by atoms with E-state index in [4.69, 9.17) is 11.6 Å². The van der Waals surface area contributed by atoms with Gasteiger partial charge in [-0.1, -0.05) is 33.6 Å². The predicted octanol–water partition coefficient (Wildman–Crippen LogP) is 3.60. The van der Waals surface area contributed by atoms with Gasteiger partial charge in [-0.05, 0) is 30.7 Å². The van der Waals surface area contributed by atoms with Crippen molar-refractivity contribution in [2.24, 2.45) is 0 Å². The summed E-state index contributed by atoms with van der Waals surface area (Å²) >= 11 is 9.51. The highest BCUT2D eigenvalue weighted by molar-refractivity contribution is 9.10. The number of aromatic nitrogens is 2. The first-order chi connectivity index (χ1) is 8.61. The van der Waals surface area contributed by atoms with Crippen LogP contribution < -0.4 is 0 Å². The van der Waals surface area contributed by atoms with Crippen LogP contribution in [0.3, 0.4) is 0 Å². The lowest BCUT2D eigenvalue weighted by molar-refractivity contribution is 0.167. The number of hydrogen-bond donors (Lipinski definition) is 1. The Hall–Kier alpha value is -0.840. The van der Waals surface area contributed by atoms with Crippen molar-refractivity contribution in [2.75, 3.05) is 0 Å². The number of aliphatic hydroxyl groups is 1. The molecule has 2 aromatic rings. The van der Waals surface area contributed by atoms with Crippen LogP contribution in [0.15, 0.2) is 34.9 Å². The van der Waals surface area contributed by atoms with Crippen molar-refractivity contribution in [1.82, 2.24) is 9.78 Å². The quantitative estimate of drug-likeness (QED) is 0.931. The number of benzene rings is 1. The largest absolute Gasteiger partial charge is 0.386 e. The van der Waals surface area contributed by atoms with Gasteiger partial charge >= 0.3 is 0 Å². The van der Waals surface area contributed by atoms with Crippen molar-refractivity contribution < 1.29 is 5.11 Å². The molecule has 96 valence electrons. The summed E-state index contributed by atoms with van der Waals surface area (Å²) in [7, 11) is 0. The number of nitrogens with zero attached hydrogens (tertiary/aromatic N) is 2. The van der Waals surface area contributed by atoms with Gasteiger partial charge in [-0.3, -0.25) is 4.68 Å². The Bertz CT molecular complexity index is 542. The normalized spacial score (nSPS) is 12.7. The molecule has 0 aliphatic rings. The molecule has 2 rings (SSSR count). The van der Waals surface area contributed by atoms with Gasteiger partial charge in [-0.25, -0.2) is 0 Å². The summed E-state index contributed by atoms with van der Waals surface area (Å²) in [6.07, 6.45) is 1.59. The second-order valence-corrected chi connectivity index (χ2v) is 5.35. The van der Waals surface area contributed by atoms with Crippen LogP contribution in [0.4, 0.5) is 0 Å². The smallest absolute Gasteiger partial charge is 0.0997 e. The molecule has 18 heavy (non-hydrogen) atoms. The maximum absolute atomic E-state index is 10.2. The number of aliphatic hydroxyl groups excluding tert-OH is 1. The minimum atomic E-state index is -0.592. The fourth-order valence-corrected chi connectivity index (χ4v) is 2.64. The van der Waals surface area contributed by atoms with Crippen LogP contribution in [-0.4, -0.2) is 14.9 Å². The van der Waals surface area contributed by atoms with Crippen LogP contribution in [0.25, 0.3) is 0 Å². The Morgan fingerprint density at radius 1 is 1.44 bits per heavy atom. The van der Waals surface area contributed by atoms with Crippen molar-refractivity contribution >= 4 is 27.5 Å². The van der Waals surface area contributed by atoms with E-state index in [1.807, 2.05) is 31.2 Å². The number of hydrogen-bond acceptors (Lipinski definition) is 2. The first kappa shape index (κ1) is 13.6. The minimum Gasteiger partial charge on any atom is -0.386 e. The average Bonchev–Trinajstić information content (AvgIpc) is 2.81. The van der Waals surface area contributed by atoms with Crippen molar-refractivity contribution in [2.45, 2.75) is 26.0 Å². The van der Waals surface area contributed by atoms with Gasteiger partial charge < -0.3 is 5.11 Å². The summed E-state index contributed by atoms with van der Waals surface area (Å²) in [5.74, 6) is 0. The lowest BCUT2D eigenvalue weighted by Crippen LogP contribution is -2.10. The molecule has 0 spiro atoms. The summed E-state index contributed by atoms with van der Waals surface area (Å²) in [4.78, 5) is 0. The molecule has 0 bridgehead atoms. The van der Waals surface area contributed by atoms with Gasteiger partial charge in [0.25, 0.3) is 0 Å². The molecule has 0 aliphatic carbocycles. The molecule has 1 unspecified atom stereocenters. The fraction of sp³-hybridized carbons (Fsp3) is 0.308. The summed E-state index contributed by atoms with van der Waals surface area (Å²) in [5.41, 5.74) is 1.74. The molecule has 1 N–H and O–H groups in total. The summed E-state index contributed by atoms with van der Waals surface area (Å²) in [6.45, 7) is 2.74. The average molecular weight is 330 g/mol. The zero-order valence-electron chi connectivity index (χ0n) is 9.98. The van der Waals surface area contributed by atoms with Gasteiger partial charge in [0.1, 0.15) is 0 Å². The fourth-order valence-electron chi connectivity index (χ4n) is 1.89. The molecule has 0 amide bonds. The van der Waals surface area contributed by atoms with Crippen LogP contribution in [0.1, 0.15) is 24.3 Å². The summed E-state index contributed by atoms with van der Waals surface area (Å²) < 4.78 is 2.72. The Morgan fingerprint density at radius 3 is 2.89 bits per heavy atom. The predicted molar refractivity (Wildman–Crippen MR) is 75.7 cm³/mol. The number of halogens is 2. The summed E-state index contributed by atoms with van der Waals surface area (Å²) in [6, 6.07) is 7.51. The molecule has 3 nitrogen and oxygen atoms in total. The zero-order chi connectivity index (χ0) is 13.1. The molecular weight excluding hydrogens is 316 g/mol. The van der Waals surface area contributed by atoms with E-state index < -0.39 is 6.10 Å². The number of rotatable bonds is 4. The van der Waals surface area contributed by atoms with E-state index in [0.29, 0.717) is 11.4 Å². The maximum atomic E-state index is 10.2. The summed E-state index contributed by atoms with van der Waals surface area (Å²) in [5, 5.41) is 15.0. The van der Waals surface area contributed by atoms with Gasteiger partial charge in [0, 0.05) is 28.7 Å². The molecule has 0 fully saturated rings. The van der Waals surface area contributed by atoms with Crippen molar-refractivity contribution in [3.05, 3.63) is 51.2 Å². The standard InChI is InChI=1S/C13H14BrClN2O/c1-2-17-12(5-6-16-17)13(18)7-9-3-4-10(14)8-11(9)15/h3-6,8,13,18H,2,7H2,1H3. The molecule has 1 aromatic carbocycles. The molecule has 0 saturated heterocycles. The van der Waals surface area contributed by atoms with Gasteiger partial charge in [0.2, 0.25) is 0 Å². The lowest BCUT2D eigenvalue weighted by Gasteiger charge is -2.13. The molecule has 1 heterocycles. The van der Waals surface area contributed by atoms with Gasteiger partial charge in [0.05, 0.1) is 11.8 Å². The highest BCUT2D eigenvalue weighted by Crippen LogP contribution is 2.26. The molecule has 1 atom stereocenters. The van der Waals surface area contributed by atoms with Crippen LogP contribution in [0.2, 0.25) is 5.02 Å². The van der Waals surface area contributed by atoms with E-state index in [1.165, 1.54) is 0 Å². The first-order valence-corrected chi connectivity index (χ1v) is 6.92. The second kappa shape index (κ2) is 5.87. The highest BCUT2D eigenvalue weighted by Gasteiger charge is 2.14. The Balaban J connectivity index is 2.18. The lowest BCUT2D eigenvalue weighted by atomic mass is 10.1. The van der Waals surface area contributed by atoms with E-state index >= 15 is 0 Å². The Labute approximate surface area is 120 Å². The Morgan fingerprint density at radius 2 is 2.22 bits per heavy atom. The van der Waals surface area contributed by atoms with Crippen LogP contribution >= 0.6 is 27.5 Å². The van der Waals surface area contributed by atoms with E-state index in [-0.39, 0.29) is 0 Å². The Kier molecular flexibility index (Phi) is 4.43. The third-order valence-electron chi connectivity index (χ3n) is 2.82. The van der Waals surface area contributed by atoms with Crippen molar-refractivity contribution in [3.63, 3.8) is 0 Å². The first-order valence-electron chi connectivity index (χ1n) is 5.75. The van der Waals surface area contributed by atoms with E-state index in [0.717, 1.165) is 22.3 Å². The monoisotopic (exact) mass is 328 g/mol. The van der Waals surface area contributed by atoms with Crippen LogP contribution in [0.5, 0.6) is 0 Å². The molecule has 1 aromatic heterocycles. The van der Waals surface area contributed by atoms with E-state index in [9.17, 15) is 5.11 Å². The van der Waals surface area contributed by atoms with E-state index in [1.54, 1.807) is 10.9 Å². The third-order valence-corrected chi connectivity index (χ3v) is 3.66. The third kappa shape index (κ3) is 2.94. The SMILES string of the molecule is CCn1nccc1C(O)Cc1ccc(Br)cc1Cl.